The molecule has 21 heavy (non-hydrogen) atoms. The highest BCUT2D eigenvalue weighted by Crippen LogP contribution is 2.22. The van der Waals surface area contributed by atoms with Crippen molar-refractivity contribution in [1.29, 1.82) is 0 Å². The van der Waals surface area contributed by atoms with Crippen LogP contribution in [0.15, 0.2) is 30.3 Å². The van der Waals surface area contributed by atoms with Gasteiger partial charge in [-0.05, 0) is 17.4 Å². The molecule has 0 aliphatic heterocycles. The van der Waals surface area contributed by atoms with Crippen LogP contribution in [0.3, 0.4) is 0 Å². The quantitative estimate of drug-likeness (QED) is 0.770. The monoisotopic (exact) mass is 301 g/mol. The second-order valence-electron chi connectivity index (χ2n) is 5.80. The highest BCUT2D eigenvalue weighted by atomic mass is 19.4. The predicted molar refractivity (Wildman–Crippen MR) is 76.9 cm³/mol. The summed E-state index contributed by atoms with van der Waals surface area (Å²) >= 11 is 0. The standard InChI is InChI=1S/C16H22F3NO/c1-12(2)10-20(11-16(17,18)19)15(21)9-13(3)14-7-5-4-6-8-14/h4-8,12-13H,9-11H2,1-3H3. The number of alkyl halides is 3. The van der Waals surface area contributed by atoms with E-state index in [4.69, 9.17) is 0 Å². The topological polar surface area (TPSA) is 20.3 Å². The summed E-state index contributed by atoms with van der Waals surface area (Å²) in [6, 6.07) is 9.35. The Morgan fingerprint density at radius 2 is 1.71 bits per heavy atom. The summed E-state index contributed by atoms with van der Waals surface area (Å²) in [6.45, 7) is 4.41. The van der Waals surface area contributed by atoms with E-state index in [1.54, 1.807) is 13.8 Å². The van der Waals surface area contributed by atoms with Gasteiger partial charge in [0.05, 0.1) is 0 Å². The minimum Gasteiger partial charge on any atom is -0.333 e. The maximum atomic E-state index is 12.6. The number of nitrogens with zero attached hydrogens (tertiary/aromatic N) is 1. The molecule has 1 amide bonds. The highest BCUT2D eigenvalue weighted by molar-refractivity contribution is 5.77. The van der Waals surface area contributed by atoms with Gasteiger partial charge in [0.15, 0.2) is 0 Å². The lowest BCUT2D eigenvalue weighted by Crippen LogP contribution is -2.41. The molecule has 0 spiro atoms. The summed E-state index contributed by atoms with van der Waals surface area (Å²) in [4.78, 5) is 13.1. The highest BCUT2D eigenvalue weighted by Gasteiger charge is 2.33. The van der Waals surface area contributed by atoms with Crippen molar-refractivity contribution in [2.45, 2.75) is 39.3 Å². The Labute approximate surface area is 123 Å². The Morgan fingerprint density at radius 3 is 2.19 bits per heavy atom. The number of carbonyl (C=O) groups is 1. The smallest absolute Gasteiger partial charge is 0.333 e. The molecule has 0 aliphatic rings. The molecule has 0 heterocycles. The lowest BCUT2D eigenvalue weighted by Gasteiger charge is -2.27. The van der Waals surface area contributed by atoms with Crippen LogP contribution >= 0.6 is 0 Å². The first-order valence-corrected chi connectivity index (χ1v) is 7.08. The van der Waals surface area contributed by atoms with E-state index in [0.29, 0.717) is 0 Å². The van der Waals surface area contributed by atoms with Gasteiger partial charge in [0.2, 0.25) is 5.91 Å². The summed E-state index contributed by atoms with van der Waals surface area (Å²) < 4.78 is 37.7. The van der Waals surface area contributed by atoms with E-state index >= 15 is 0 Å². The molecule has 1 aromatic carbocycles. The normalized spacial score (nSPS) is 13.3. The molecule has 118 valence electrons. The second kappa shape index (κ2) is 7.48. The molecule has 0 bridgehead atoms. The number of amides is 1. The van der Waals surface area contributed by atoms with Crippen molar-refractivity contribution in [2.75, 3.05) is 13.1 Å². The van der Waals surface area contributed by atoms with E-state index in [0.717, 1.165) is 10.5 Å². The van der Waals surface area contributed by atoms with Gasteiger partial charge in [-0.1, -0.05) is 51.1 Å². The molecule has 0 saturated heterocycles. The van der Waals surface area contributed by atoms with Gasteiger partial charge in [-0.2, -0.15) is 13.2 Å². The predicted octanol–water partition coefficient (Wildman–Crippen LogP) is 4.23. The van der Waals surface area contributed by atoms with E-state index in [9.17, 15) is 18.0 Å². The van der Waals surface area contributed by atoms with Crippen molar-refractivity contribution in [1.82, 2.24) is 4.90 Å². The fourth-order valence-corrected chi connectivity index (χ4v) is 2.20. The zero-order valence-electron chi connectivity index (χ0n) is 12.7. The average molecular weight is 301 g/mol. The molecule has 0 aromatic heterocycles. The van der Waals surface area contributed by atoms with Gasteiger partial charge < -0.3 is 4.90 Å². The Hall–Kier alpha value is -1.52. The number of halogens is 3. The van der Waals surface area contributed by atoms with E-state index in [1.165, 1.54) is 0 Å². The van der Waals surface area contributed by atoms with Crippen LogP contribution in [0.5, 0.6) is 0 Å². The number of carbonyl (C=O) groups excluding carboxylic acids is 1. The zero-order valence-corrected chi connectivity index (χ0v) is 12.7. The molecule has 1 rings (SSSR count). The second-order valence-corrected chi connectivity index (χ2v) is 5.80. The largest absolute Gasteiger partial charge is 0.406 e. The van der Waals surface area contributed by atoms with E-state index in [2.05, 4.69) is 0 Å². The summed E-state index contributed by atoms with van der Waals surface area (Å²) in [6.07, 6.45) is -4.27. The van der Waals surface area contributed by atoms with Crippen LogP contribution in [0, 0.1) is 5.92 Å². The molecular formula is C16H22F3NO. The van der Waals surface area contributed by atoms with Crippen molar-refractivity contribution in [3.8, 4) is 0 Å². The number of hydrogen-bond donors (Lipinski definition) is 0. The molecule has 0 aliphatic carbocycles. The molecule has 5 heteroatoms. The minimum absolute atomic E-state index is 0.00308. The first kappa shape index (κ1) is 17.5. The fraction of sp³-hybridized carbons (Fsp3) is 0.562. The van der Waals surface area contributed by atoms with Crippen LogP contribution < -0.4 is 0 Å². The fourth-order valence-electron chi connectivity index (χ4n) is 2.20. The Kier molecular flexibility index (Phi) is 6.24. The molecule has 0 saturated carbocycles. The lowest BCUT2D eigenvalue weighted by atomic mass is 9.97. The van der Waals surface area contributed by atoms with Crippen molar-refractivity contribution in [3.05, 3.63) is 35.9 Å². The Morgan fingerprint density at radius 1 is 1.14 bits per heavy atom. The molecular weight excluding hydrogens is 279 g/mol. The average Bonchev–Trinajstić information content (AvgIpc) is 2.36. The Bertz CT molecular complexity index is 443. The third-order valence-electron chi connectivity index (χ3n) is 3.16. The van der Waals surface area contributed by atoms with Gasteiger partial charge in [-0.25, -0.2) is 0 Å². The van der Waals surface area contributed by atoms with Crippen molar-refractivity contribution < 1.29 is 18.0 Å². The minimum atomic E-state index is -4.36. The van der Waals surface area contributed by atoms with Crippen LogP contribution in [0.1, 0.15) is 38.7 Å². The first-order valence-electron chi connectivity index (χ1n) is 7.08. The van der Waals surface area contributed by atoms with Gasteiger partial charge >= 0.3 is 6.18 Å². The van der Waals surface area contributed by atoms with Gasteiger partial charge in [-0.15, -0.1) is 0 Å². The summed E-state index contributed by atoms with van der Waals surface area (Å²) in [5.74, 6) is -0.540. The number of hydrogen-bond acceptors (Lipinski definition) is 1. The zero-order chi connectivity index (χ0) is 16.0. The Balaban J connectivity index is 2.72. The van der Waals surface area contributed by atoms with Crippen molar-refractivity contribution in [3.63, 3.8) is 0 Å². The number of benzene rings is 1. The molecule has 2 nitrogen and oxygen atoms in total. The molecule has 1 atom stereocenters. The van der Waals surface area contributed by atoms with Gasteiger partial charge in [0.1, 0.15) is 6.54 Å². The molecule has 0 N–H and O–H groups in total. The maximum absolute atomic E-state index is 12.6. The summed E-state index contributed by atoms with van der Waals surface area (Å²) in [7, 11) is 0. The van der Waals surface area contributed by atoms with E-state index < -0.39 is 18.6 Å². The third kappa shape index (κ3) is 6.65. The van der Waals surface area contributed by atoms with Gasteiger partial charge in [0.25, 0.3) is 0 Å². The van der Waals surface area contributed by atoms with Crippen LogP contribution in [-0.2, 0) is 4.79 Å². The van der Waals surface area contributed by atoms with Crippen LogP contribution in [0.2, 0.25) is 0 Å². The summed E-state index contributed by atoms with van der Waals surface area (Å²) in [5, 5.41) is 0. The molecule has 0 radical (unpaired) electrons. The van der Waals surface area contributed by atoms with Crippen LogP contribution in [0.4, 0.5) is 13.2 Å². The molecule has 1 unspecified atom stereocenters. The lowest BCUT2D eigenvalue weighted by molar-refractivity contribution is -0.162. The molecule has 0 fully saturated rings. The van der Waals surface area contributed by atoms with E-state index in [1.807, 2.05) is 37.3 Å². The van der Waals surface area contributed by atoms with Crippen LogP contribution in [-0.4, -0.2) is 30.1 Å². The van der Waals surface area contributed by atoms with Gasteiger partial charge in [0, 0.05) is 13.0 Å². The van der Waals surface area contributed by atoms with Gasteiger partial charge in [-0.3, -0.25) is 4.79 Å². The number of rotatable bonds is 6. The summed E-state index contributed by atoms with van der Waals surface area (Å²) in [5.41, 5.74) is 0.961. The van der Waals surface area contributed by atoms with E-state index in [-0.39, 0.29) is 24.8 Å². The van der Waals surface area contributed by atoms with Crippen molar-refractivity contribution in [2.24, 2.45) is 5.92 Å². The molecule has 1 aromatic rings. The third-order valence-corrected chi connectivity index (χ3v) is 3.16. The maximum Gasteiger partial charge on any atom is 0.406 e. The first-order chi connectivity index (χ1) is 9.69. The van der Waals surface area contributed by atoms with Crippen LogP contribution in [0.25, 0.3) is 0 Å². The van der Waals surface area contributed by atoms with Crippen molar-refractivity contribution >= 4 is 5.91 Å². The SMILES string of the molecule is CC(C)CN(CC(F)(F)F)C(=O)CC(C)c1ccccc1.